The highest BCUT2D eigenvalue weighted by Crippen LogP contribution is 2.40. The van der Waals surface area contributed by atoms with Gasteiger partial charge >= 0.3 is 6.18 Å². The van der Waals surface area contributed by atoms with Gasteiger partial charge in [-0.1, -0.05) is 0 Å². The van der Waals surface area contributed by atoms with Gasteiger partial charge in [0.2, 0.25) is 5.95 Å². The van der Waals surface area contributed by atoms with E-state index in [1.165, 1.54) is 12.3 Å². The van der Waals surface area contributed by atoms with Crippen molar-refractivity contribution in [3.8, 4) is 0 Å². The monoisotopic (exact) mass is 363 g/mol. The summed E-state index contributed by atoms with van der Waals surface area (Å²) in [4.78, 5) is 16.7. The fourth-order valence-electron chi connectivity index (χ4n) is 3.98. The summed E-state index contributed by atoms with van der Waals surface area (Å²) >= 11 is 0. The molecule has 8 heteroatoms. The summed E-state index contributed by atoms with van der Waals surface area (Å²) in [7, 11) is 0. The molecule has 138 valence electrons. The van der Waals surface area contributed by atoms with Gasteiger partial charge in [0.1, 0.15) is 5.82 Å². The van der Waals surface area contributed by atoms with Crippen LogP contribution in [-0.4, -0.2) is 40.6 Å². The van der Waals surface area contributed by atoms with Gasteiger partial charge < -0.3 is 9.80 Å². The molecule has 0 N–H and O–H groups in total. The lowest BCUT2D eigenvalue weighted by Gasteiger charge is -2.39. The topological polar surface area (TPSA) is 45.2 Å². The van der Waals surface area contributed by atoms with Crippen molar-refractivity contribution in [2.75, 3.05) is 29.4 Å². The molecule has 2 aliphatic rings. The van der Waals surface area contributed by atoms with Crippen LogP contribution in [0.3, 0.4) is 0 Å². The molecule has 0 aliphatic carbocycles. The Balaban J connectivity index is 1.61. The predicted molar refractivity (Wildman–Crippen MR) is 92.1 cm³/mol. The van der Waals surface area contributed by atoms with Gasteiger partial charge in [0.25, 0.3) is 0 Å². The number of piperidine rings is 1. The Bertz CT molecular complexity index is 777. The molecule has 2 aromatic rings. The molecule has 26 heavy (non-hydrogen) atoms. The van der Waals surface area contributed by atoms with Crippen molar-refractivity contribution in [3.05, 3.63) is 41.9 Å². The smallest absolute Gasteiger partial charge is 0.351 e. The maximum atomic E-state index is 13.4. The fourth-order valence-corrected chi connectivity index (χ4v) is 3.98. The minimum absolute atomic E-state index is 0.00958. The van der Waals surface area contributed by atoms with Gasteiger partial charge in [-0.25, -0.2) is 15.0 Å². The summed E-state index contributed by atoms with van der Waals surface area (Å²) < 4.78 is 40.2. The number of hydrogen-bond donors (Lipinski definition) is 0. The van der Waals surface area contributed by atoms with Crippen molar-refractivity contribution in [2.24, 2.45) is 5.92 Å². The largest absolute Gasteiger partial charge is 0.419 e. The number of aryl methyl sites for hydroxylation is 1. The Morgan fingerprint density at radius 3 is 2.54 bits per heavy atom. The quantitative estimate of drug-likeness (QED) is 0.819. The number of pyridine rings is 1. The first-order valence-electron chi connectivity index (χ1n) is 8.76. The molecule has 0 spiro atoms. The van der Waals surface area contributed by atoms with E-state index in [0.29, 0.717) is 25.0 Å². The second-order valence-corrected chi connectivity index (χ2v) is 6.98. The molecule has 2 aliphatic heterocycles. The molecule has 0 amide bonds. The first-order chi connectivity index (χ1) is 12.4. The zero-order valence-electron chi connectivity index (χ0n) is 14.4. The van der Waals surface area contributed by atoms with Gasteiger partial charge in [-0.3, -0.25) is 0 Å². The van der Waals surface area contributed by atoms with Gasteiger partial charge in [-0.2, -0.15) is 13.2 Å². The van der Waals surface area contributed by atoms with Gasteiger partial charge in [0, 0.05) is 38.2 Å². The van der Waals surface area contributed by atoms with E-state index in [0.717, 1.165) is 31.0 Å². The van der Waals surface area contributed by atoms with E-state index in [4.69, 9.17) is 0 Å². The predicted octanol–water partition coefficient (Wildman–Crippen LogP) is 3.30. The molecule has 2 fully saturated rings. The van der Waals surface area contributed by atoms with Crippen LogP contribution in [0, 0.1) is 12.8 Å². The first kappa shape index (κ1) is 17.1. The SMILES string of the molecule is Cc1cnc(N2CCC3CCN(c4ncccc4C(F)(F)F)C3C2)nc1. The van der Waals surface area contributed by atoms with Crippen LogP contribution in [0.2, 0.25) is 0 Å². The second kappa shape index (κ2) is 6.41. The molecule has 0 bridgehead atoms. The molecule has 4 rings (SSSR count). The molecule has 5 nitrogen and oxygen atoms in total. The number of fused-ring (bicyclic) bond motifs is 1. The summed E-state index contributed by atoms with van der Waals surface area (Å²) in [5.74, 6) is 1.05. The van der Waals surface area contributed by atoms with Crippen LogP contribution in [0.4, 0.5) is 24.9 Å². The Kier molecular flexibility index (Phi) is 4.20. The standard InChI is InChI=1S/C18H20F3N5/c1-12-9-23-17(24-10-12)25-7-4-13-5-8-26(15(13)11-25)16-14(18(19,20)21)3-2-6-22-16/h2-3,6,9-10,13,15H,4-5,7-8,11H2,1H3. The third-order valence-corrected chi connectivity index (χ3v) is 5.28. The van der Waals surface area contributed by atoms with Crippen molar-refractivity contribution in [3.63, 3.8) is 0 Å². The van der Waals surface area contributed by atoms with Crippen LogP contribution in [-0.2, 0) is 6.18 Å². The lowest BCUT2D eigenvalue weighted by molar-refractivity contribution is -0.137. The Morgan fingerprint density at radius 2 is 1.81 bits per heavy atom. The van der Waals surface area contributed by atoms with Crippen LogP contribution in [0.1, 0.15) is 24.0 Å². The average molecular weight is 363 g/mol. The van der Waals surface area contributed by atoms with E-state index in [1.807, 2.05) is 11.8 Å². The third-order valence-electron chi connectivity index (χ3n) is 5.28. The Labute approximate surface area is 149 Å². The number of aromatic nitrogens is 3. The number of nitrogens with zero attached hydrogens (tertiary/aromatic N) is 5. The molecular weight excluding hydrogens is 343 g/mol. The number of alkyl halides is 3. The van der Waals surface area contributed by atoms with Crippen LogP contribution < -0.4 is 9.80 Å². The van der Waals surface area contributed by atoms with Crippen LogP contribution in [0.5, 0.6) is 0 Å². The van der Waals surface area contributed by atoms with E-state index in [9.17, 15) is 13.2 Å². The van der Waals surface area contributed by atoms with Crippen molar-refractivity contribution in [2.45, 2.75) is 32.0 Å². The second-order valence-electron chi connectivity index (χ2n) is 6.98. The minimum Gasteiger partial charge on any atom is -0.351 e. The fraction of sp³-hybridized carbons (Fsp3) is 0.500. The summed E-state index contributed by atoms with van der Waals surface area (Å²) in [5.41, 5.74) is 0.318. The maximum Gasteiger partial charge on any atom is 0.419 e. The Hall–Kier alpha value is -2.38. The van der Waals surface area contributed by atoms with Crippen LogP contribution >= 0.6 is 0 Å². The number of rotatable bonds is 2. The third kappa shape index (κ3) is 3.08. The summed E-state index contributed by atoms with van der Waals surface area (Å²) in [6.45, 7) is 3.96. The lowest BCUT2D eigenvalue weighted by Crippen LogP contribution is -2.49. The Morgan fingerprint density at radius 1 is 1.08 bits per heavy atom. The number of halogens is 3. The van der Waals surface area contributed by atoms with Gasteiger partial charge in [-0.05, 0) is 43.4 Å². The molecule has 2 unspecified atom stereocenters. The molecule has 2 aromatic heterocycles. The molecule has 2 saturated heterocycles. The highest BCUT2D eigenvalue weighted by molar-refractivity contribution is 5.51. The van der Waals surface area contributed by atoms with Crippen molar-refractivity contribution in [1.82, 2.24) is 15.0 Å². The molecule has 0 aromatic carbocycles. The van der Waals surface area contributed by atoms with Crippen molar-refractivity contribution < 1.29 is 13.2 Å². The summed E-state index contributed by atoms with van der Waals surface area (Å²) in [6, 6.07) is 2.44. The van der Waals surface area contributed by atoms with Crippen molar-refractivity contribution >= 4 is 11.8 Å². The van der Waals surface area contributed by atoms with E-state index in [-0.39, 0.29) is 11.9 Å². The highest BCUT2D eigenvalue weighted by Gasteiger charge is 2.43. The van der Waals surface area contributed by atoms with E-state index >= 15 is 0 Å². The van der Waals surface area contributed by atoms with E-state index < -0.39 is 11.7 Å². The maximum absolute atomic E-state index is 13.4. The van der Waals surface area contributed by atoms with E-state index in [1.54, 1.807) is 12.4 Å². The number of anilines is 2. The highest BCUT2D eigenvalue weighted by atomic mass is 19.4. The van der Waals surface area contributed by atoms with Gasteiger partial charge in [-0.15, -0.1) is 0 Å². The molecule has 0 saturated carbocycles. The number of hydrogen-bond acceptors (Lipinski definition) is 5. The van der Waals surface area contributed by atoms with E-state index in [2.05, 4.69) is 19.9 Å². The first-order valence-corrected chi connectivity index (χ1v) is 8.76. The normalized spacial score (nSPS) is 23.2. The molecule has 0 radical (unpaired) electrons. The van der Waals surface area contributed by atoms with Crippen LogP contribution in [0.25, 0.3) is 0 Å². The molecule has 2 atom stereocenters. The lowest BCUT2D eigenvalue weighted by atomic mass is 9.92. The molecule has 4 heterocycles. The summed E-state index contributed by atoms with van der Waals surface area (Å²) in [6.07, 6.45) is 2.37. The van der Waals surface area contributed by atoms with Crippen molar-refractivity contribution in [1.29, 1.82) is 0 Å². The van der Waals surface area contributed by atoms with Gasteiger partial charge in [0.15, 0.2) is 0 Å². The zero-order valence-corrected chi connectivity index (χ0v) is 14.4. The van der Waals surface area contributed by atoms with Crippen LogP contribution in [0.15, 0.2) is 30.7 Å². The molecular formula is C18H20F3N5. The van der Waals surface area contributed by atoms with Gasteiger partial charge in [0.05, 0.1) is 11.6 Å². The minimum atomic E-state index is -4.41. The average Bonchev–Trinajstić information content (AvgIpc) is 3.04. The summed E-state index contributed by atoms with van der Waals surface area (Å²) in [5, 5.41) is 0. The zero-order chi connectivity index (χ0) is 18.3.